The molecule has 0 aliphatic rings. The first-order valence-corrected chi connectivity index (χ1v) is 8.63. The van der Waals surface area contributed by atoms with E-state index in [1.807, 2.05) is 22.6 Å². The van der Waals surface area contributed by atoms with Gasteiger partial charge in [-0.2, -0.15) is 0 Å². The fraction of sp³-hybridized carbons (Fsp3) is 0.0769. The molecular formula is C13H12ClIN2O2S. The standard InChI is InChI=1S/C13H12ClIN2O2S/c14-10-3-6-13(12(15)7-10)17-20(18,19)11-4-1-9(8-16)2-5-11/h1-7,17H,8,16H2. The van der Waals surface area contributed by atoms with Gasteiger partial charge < -0.3 is 5.73 Å². The molecule has 0 aliphatic carbocycles. The van der Waals surface area contributed by atoms with Gasteiger partial charge in [-0.25, -0.2) is 8.42 Å². The van der Waals surface area contributed by atoms with Crippen molar-refractivity contribution in [2.24, 2.45) is 5.73 Å². The van der Waals surface area contributed by atoms with Gasteiger partial charge in [0.25, 0.3) is 10.0 Å². The molecule has 2 aromatic carbocycles. The summed E-state index contributed by atoms with van der Waals surface area (Å²) in [5.74, 6) is 0. The maximum absolute atomic E-state index is 12.3. The van der Waals surface area contributed by atoms with E-state index >= 15 is 0 Å². The molecule has 3 N–H and O–H groups in total. The van der Waals surface area contributed by atoms with Crippen molar-refractivity contribution in [1.29, 1.82) is 0 Å². The second-order valence-corrected chi connectivity index (χ2v) is 7.36. The third-order valence-corrected chi connectivity index (χ3v) is 5.15. The highest BCUT2D eigenvalue weighted by atomic mass is 127. The molecule has 0 spiro atoms. The molecule has 0 saturated carbocycles. The van der Waals surface area contributed by atoms with E-state index < -0.39 is 10.0 Å². The first-order valence-electron chi connectivity index (χ1n) is 5.69. The molecule has 0 amide bonds. The topological polar surface area (TPSA) is 72.2 Å². The summed E-state index contributed by atoms with van der Waals surface area (Å²) in [6.45, 7) is 0.378. The summed E-state index contributed by atoms with van der Waals surface area (Å²) in [6.07, 6.45) is 0. The Balaban J connectivity index is 2.30. The molecular weight excluding hydrogens is 411 g/mol. The Hall–Kier alpha value is -0.830. The molecule has 0 radical (unpaired) electrons. The van der Waals surface area contributed by atoms with Gasteiger partial charge in [0.15, 0.2) is 0 Å². The lowest BCUT2D eigenvalue weighted by Gasteiger charge is -2.10. The van der Waals surface area contributed by atoms with Crippen LogP contribution in [-0.4, -0.2) is 8.42 Å². The summed E-state index contributed by atoms with van der Waals surface area (Å²) < 4.78 is 27.8. The average molecular weight is 423 g/mol. The van der Waals surface area contributed by atoms with Crippen LogP contribution in [0.4, 0.5) is 5.69 Å². The Morgan fingerprint density at radius 2 is 1.80 bits per heavy atom. The van der Waals surface area contributed by atoms with E-state index in [0.29, 0.717) is 17.3 Å². The molecule has 0 atom stereocenters. The first-order chi connectivity index (χ1) is 9.42. The maximum atomic E-state index is 12.3. The van der Waals surface area contributed by atoms with E-state index in [4.69, 9.17) is 17.3 Å². The number of anilines is 1. The van der Waals surface area contributed by atoms with E-state index in [1.165, 1.54) is 12.1 Å². The van der Waals surface area contributed by atoms with Crippen LogP contribution in [0.15, 0.2) is 47.4 Å². The molecule has 0 fully saturated rings. The van der Waals surface area contributed by atoms with Gasteiger partial charge in [-0.1, -0.05) is 23.7 Å². The van der Waals surface area contributed by atoms with E-state index in [0.717, 1.165) is 9.13 Å². The molecule has 0 unspecified atom stereocenters. The van der Waals surface area contributed by atoms with Crippen LogP contribution in [-0.2, 0) is 16.6 Å². The minimum atomic E-state index is -3.61. The molecule has 0 aliphatic heterocycles. The van der Waals surface area contributed by atoms with Crippen LogP contribution in [0.5, 0.6) is 0 Å². The number of nitrogens with one attached hydrogen (secondary N) is 1. The van der Waals surface area contributed by atoms with Crippen molar-refractivity contribution < 1.29 is 8.42 Å². The predicted molar refractivity (Wildman–Crippen MR) is 89.3 cm³/mol. The summed E-state index contributed by atoms with van der Waals surface area (Å²) in [6, 6.07) is 11.4. The van der Waals surface area contributed by atoms with Gasteiger partial charge in [-0.15, -0.1) is 0 Å². The van der Waals surface area contributed by atoms with E-state index in [2.05, 4.69) is 4.72 Å². The number of halogens is 2. The van der Waals surface area contributed by atoms with Crippen molar-refractivity contribution in [1.82, 2.24) is 0 Å². The smallest absolute Gasteiger partial charge is 0.261 e. The highest BCUT2D eigenvalue weighted by Gasteiger charge is 2.15. The summed E-state index contributed by atoms with van der Waals surface area (Å²) >= 11 is 7.87. The lowest BCUT2D eigenvalue weighted by Crippen LogP contribution is -2.14. The SMILES string of the molecule is NCc1ccc(S(=O)(=O)Nc2ccc(Cl)cc2I)cc1. The Morgan fingerprint density at radius 1 is 1.15 bits per heavy atom. The Labute approximate surface area is 136 Å². The quantitative estimate of drug-likeness (QED) is 0.743. The number of sulfonamides is 1. The minimum absolute atomic E-state index is 0.195. The summed E-state index contributed by atoms with van der Waals surface area (Å²) in [5, 5.41) is 0.560. The van der Waals surface area contributed by atoms with Crippen LogP contribution in [0.1, 0.15) is 5.56 Å². The summed E-state index contributed by atoms with van der Waals surface area (Å²) in [7, 11) is -3.61. The predicted octanol–water partition coefficient (Wildman–Crippen LogP) is 3.20. The van der Waals surface area contributed by atoms with Crippen molar-refractivity contribution >= 4 is 49.9 Å². The molecule has 2 rings (SSSR count). The maximum Gasteiger partial charge on any atom is 0.261 e. The molecule has 0 bridgehead atoms. The van der Waals surface area contributed by atoms with Crippen LogP contribution < -0.4 is 10.5 Å². The lowest BCUT2D eigenvalue weighted by molar-refractivity contribution is 0.601. The highest BCUT2D eigenvalue weighted by molar-refractivity contribution is 14.1. The third-order valence-electron chi connectivity index (χ3n) is 2.64. The van der Waals surface area contributed by atoms with E-state index in [9.17, 15) is 8.42 Å². The number of benzene rings is 2. The van der Waals surface area contributed by atoms with Crippen LogP contribution in [0, 0.1) is 3.57 Å². The minimum Gasteiger partial charge on any atom is -0.326 e. The van der Waals surface area contributed by atoms with Gasteiger partial charge >= 0.3 is 0 Å². The molecule has 0 saturated heterocycles. The first kappa shape index (κ1) is 15.6. The lowest BCUT2D eigenvalue weighted by atomic mass is 10.2. The van der Waals surface area contributed by atoms with Crippen LogP contribution in [0.3, 0.4) is 0 Å². The van der Waals surface area contributed by atoms with Crippen LogP contribution in [0.2, 0.25) is 5.02 Å². The molecule has 0 aromatic heterocycles. The highest BCUT2D eigenvalue weighted by Crippen LogP contribution is 2.25. The fourth-order valence-corrected chi connectivity index (χ4v) is 3.85. The molecule has 4 nitrogen and oxygen atoms in total. The van der Waals surface area contributed by atoms with Crippen molar-refractivity contribution in [2.45, 2.75) is 11.4 Å². The Morgan fingerprint density at radius 3 is 2.35 bits per heavy atom. The van der Waals surface area contributed by atoms with Gasteiger partial charge in [-0.3, -0.25) is 4.72 Å². The normalized spacial score (nSPS) is 11.3. The zero-order chi connectivity index (χ0) is 14.8. The van der Waals surface area contributed by atoms with Crippen molar-refractivity contribution in [3.8, 4) is 0 Å². The average Bonchev–Trinajstić information content (AvgIpc) is 2.42. The van der Waals surface area contributed by atoms with Crippen molar-refractivity contribution in [3.63, 3.8) is 0 Å². The number of nitrogens with two attached hydrogens (primary N) is 1. The second kappa shape index (κ2) is 6.30. The number of hydrogen-bond acceptors (Lipinski definition) is 3. The van der Waals surface area contributed by atoms with Gasteiger partial charge in [-0.05, 0) is 58.5 Å². The number of rotatable bonds is 4. The summed E-state index contributed by atoms with van der Waals surface area (Å²) in [4.78, 5) is 0.195. The fourth-order valence-electron chi connectivity index (χ4n) is 1.58. The van der Waals surface area contributed by atoms with Crippen molar-refractivity contribution in [3.05, 3.63) is 56.6 Å². The van der Waals surface area contributed by atoms with Gasteiger partial charge in [0.1, 0.15) is 0 Å². The largest absolute Gasteiger partial charge is 0.326 e. The van der Waals surface area contributed by atoms with Gasteiger partial charge in [0, 0.05) is 15.1 Å². The molecule has 106 valence electrons. The zero-order valence-corrected chi connectivity index (χ0v) is 14.0. The Kier molecular flexibility index (Phi) is 4.90. The zero-order valence-electron chi connectivity index (χ0n) is 10.3. The second-order valence-electron chi connectivity index (χ2n) is 4.08. The molecule has 0 heterocycles. The van der Waals surface area contributed by atoms with E-state index in [-0.39, 0.29) is 4.90 Å². The molecule has 7 heteroatoms. The summed E-state index contributed by atoms with van der Waals surface area (Å²) in [5.41, 5.74) is 6.87. The number of hydrogen-bond donors (Lipinski definition) is 2. The van der Waals surface area contributed by atoms with Gasteiger partial charge in [0.05, 0.1) is 10.6 Å². The molecule has 20 heavy (non-hydrogen) atoms. The Bertz CT molecular complexity index is 718. The van der Waals surface area contributed by atoms with E-state index in [1.54, 1.807) is 30.3 Å². The molecule has 2 aromatic rings. The van der Waals surface area contributed by atoms with Crippen LogP contribution in [0.25, 0.3) is 0 Å². The van der Waals surface area contributed by atoms with Crippen molar-refractivity contribution in [2.75, 3.05) is 4.72 Å². The van der Waals surface area contributed by atoms with Gasteiger partial charge in [0.2, 0.25) is 0 Å². The monoisotopic (exact) mass is 422 g/mol. The third kappa shape index (κ3) is 3.63. The van der Waals surface area contributed by atoms with Crippen LogP contribution >= 0.6 is 34.2 Å².